The van der Waals surface area contributed by atoms with Gasteiger partial charge in [-0.1, -0.05) is 49.2 Å². The van der Waals surface area contributed by atoms with Crippen molar-refractivity contribution in [1.82, 2.24) is 9.88 Å². The Morgan fingerprint density at radius 2 is 1.98 bits per heavy atom. The highest BCUT2D eigenvalue weighted by Gasteiger charge is 2.30. The summed E-state index contributed by atoms with van der Waals surface area (Å²) in [4.78, 5) is 44.9. The summed E-state index contributed by atoms with van der Waals surface area (Å²) in [7, 11) is 1.34. The molecule has 2 bridgehead atoms. The lowest BCUT2D eigenvalue weighted by molar-refractivity contribution is -0.139. The number of esters is 1. The summed E-state index contributed by atoms with van der Waals surface area (Å²) in [6, 6.07) is 13.9. The van der Waals surface area contributed by atoms with E-state index in [1.807, 2.05) is 36.1 Å². The third-order valence-electron chi connectivity index (χ3n) is 7.80. The fraction of sp³-hybridized carbons (Fsp3) is 0.312. The Labute approximate surface area is 243 Å². The maximum atomic E-state index is 14.7. The molecule has 2 aliphatic heterocycles. The van der Waals surface area contributed by atoms with Crippen molar-refractivity contribution < 1.29 is 23.5 Å². The van der Waals surface area contributed by atoms with Gasteiger partial charge in [0.2, 0.25) is 11.8 Å². The number of nitrogens with zero attached hydrogens (tertiary/aromatic N) is 2. The summed E-state index contributed by atoms with van der Waals surface area (Å²) in [5.74, 6) is -1.48. The summed E-state index contributed by atoms with van der Waals surface area (Å²) in [5, 5.41) is 3.06. The van der Waals surface area contributed by atoms with Gasteiger partial charge in [0.15, 0.2) is 0 Å². The zero-order valence-corrected chi connectivity index (χ0v) is 23.7. The first-order valence-electron chi connectivity index (χ1n) is 13.7. The van der Waals surface area contributed by atoms with E-state index in [4.69, 9.17) is 16.3 Å². The van der Waals surface area contributed by atoms with Crippen LogP contribution in [0.2, 0.25) is 5.02 Å². The number of carbonyl (C=O) groups excluding carboxylic acids is 3. The van der Waals surface area contributed by atoms with Gasteiger partial charge < -0.3 is 15.0 Å². The molecule has 0 unspecified atom stereocenters. The highest BCUT2D eigenvalue weighted by atomic mass is 35.5. The number of ether oxygens (including phenoxy) is 1. The Balaban J connectivity index is 1.51. The summed E-state index contributed by atoms with van der Waals surface area (Å²) in [5.41, 5.74) is 4.53. The first kappa shape index (κ1) is 28.5. The minimum Gasteiger partial charge on any atom is -0.469 e. The largest absolute Gasteiger partial charge is 0.469 e. The maximum absolute atomic E-state index is 14.7. The normalized spacial score (nSPS) is 19.3. The van der Waals surface area contributed by atoms with E-state index in [1.54, 1.807) is 24.4 Å². The molecule has 0 aliphatic carbocycles. The van der Waals surface area contributed by atoms with Crippen molar-refractivity contribution in [2.75, 3.05) is 19.0 Å². The van der Waals surface area contributed by atoms with Gasteiger partial charge in [-0.3, -0.25) is 19.4 Å². The number of pyridine rings is 1. The molecule has 3 heterocycles. The molecular weight excluding hydrogens is 545 g/mol. The van der Waals surface area contributed by atoms with E-state index in [0.29, 0.717) is 59.5 Å². The van der Waals surface area contributed by atoms with Gasteiger partial charge in [-0.2, -0.15) is 0 Å². The lowest BCUT2D eigenvalue weighted by atomic mass is 9.91. The van der Waals surface area contributed by atoms with Gasteiger partial charge >= 0.3 is 5.97 Å². The van der Waals surface area contributed by atoms with Crippen LogP contribution in [0.4, 0.5) is 10.1 Å². The number of anilines is 1. The summed E-state index contributed by atoms with van der Waals surface area (Å²) in [6.07, 6.45) is 5.79. The molecular formula is C32H31ClFN3O4. The lowest BCUT2D eigenvalue weighted by Gasteiger charge is -2.35. The molecule has 0 fully saturated rings. The molecule has 0 saturated carbocycles. The molecule has 2 amide bonds. The van der Waals surface area contributed by atoms with Gasteiger partial charge in [-0.25, -0.2) is 4.39 Å². The van der Waals surface area contributed by atoms with Crippen LogP contribution in [-0.4, -0.2) is 41.3 Å². The number of rotatable bonds is 4. The van der Waals surface area contributed by atoms with Gasteiger partial charge in [-0.15, -0.1) is 0 Å². The van der Waals surface area contributed by atoms with Crippen molar-refractivity contribution in [1.29, 1.82) is 0 Å². The van der Waals surface area contributed by atoms with Crippen molar-refractivity contribution in [3.05, 3.63) is 88.3 Å². The van der Waals surface area contributed by atoms with Gasteiger partial charge in [0.25, 0.3) is 0 Å². The number of methoxy groups -OCH3 is 1. The fourth-order valence-corrected chi connectivity index (χ4v) is 5.68. The number of carbonyl (C=O) groups is 3. The standard InChI is InChI=1S/C32H31ClFN3O4/c1-19-5-3-8-28(37-14-12-21(18-29(37)38)23-6-4-7-25(33)31(23)34)22-11-13-35-26(17-22)24-10-9-20(16-30(39)41-2)15-27(24)36-32(19)40/h4,6-7,9-11,13,15,17-19,28H,3,5,8,12,14,16H2,1-2H3,(H,36,40)/t19-,28+/m1/s1. The lowest BCUT2D eigenvalue weighted by Crippen LogP contribution is -2.37. The summed E-state index contributed by atoms with van der Waals surface area (Å²) >= 11 is 5.99. The molecule has 0 radical (unpaired) electrons. The number of hydrogen-bond acceptors (Lipinski definition) is 5. The smallest absolute Gasteiger partial charge is 0.309 e. The van der Waals surface area contributed by atoms with Crippen LogP contribution in [0.25, 0.3) is 16.8 Å². The molecule has 5 rings (SSSR count). The molecule has 41 heavy (non-hydrogen) atoms. The van der Waals surface area contributed by atoms with Gasteiger partial charge in [0.1, 0.15) is 5.82 Å². The molecule has 1 N–H and O–H groups in total. The Morgan fingerprint density at radius 3 is 2.76 bits per heavy atom. The van der Waals surface area contributed by atoms with Crippen LogP contribution < -0.4 is 5.32 Å². The second-order valence-electron chi connectivity index (χ2n) is 10.5. The van der Waals surface area contributed by atoms with Gasteiger partial charge in [-0.05, 0) is 60.2 Å². The third-order valence-corrected chi connectivity index (χ3v) is 8.09. The number of aromatic nitrogens is 1. The molecule has 7 nitrogen and oxygen atoms in total. The minimum absolute atomic E-state index is 0.0257. The topological polar surface area (TPSA) is 88.6 Å². The fourth-order valence-electron chi connectivity index (χ4n) is 5.50. The van der Waals surface area contributed by atoms with E-state index < -0.39 is 5.82 Å². The zero-order valence-electron chi connectivity index (χ0n) is 23.0. The number of hydrogen-bond donors (Lipinski definition) is 1. The second kappa shape index (κ2) is 12.2. The van der Waals surface area contributed by atoms with Crippen LogP contribution in [0, 0.1) is 11.7 Å². The monoisotopic (exact) mass is 575 g/mol. The number of amides is 2. The SMILES string of the molecule is COC(=O)Cc1ccc2c(c1)NC(=O)[C@H](C)CCC[C@H](N1CCC(c3cccc(Cl)c3F)=CC1=O)c1ccnc-2c1. The Kier molecular flexibility index (Phi) is 8.49. The molecule has 2 aromatic carbocycles. The van der Waals surface area contributed by atoms with E-state index in [-0.39, 0.29) is 41.2 Å². The van der Waals surface area contributed by atoms with Crippen molar-refractivity contribution >= 4 is 40.6 Å². The van der Waals surface area contributed by atoms with Crippen LogP contribution >= 0.6 is 11.6 Å². The first-order chi connectivity index (χ1) is 19.7. The predicted molar refractivity (Wildman–Crippen MR) is 155 cm³/mol. The average Bonchev–Trinajstić information content (AvgIpc) is 2.96. The maximum Gasteiger partial charge on any atom is 0.309 e. The third kappa shape index (κ3) is 6.17. The van der Waals surface area contributed by atoms with Crippen molar-refractivity contribution in [2.24, 2.45) is 5.92 Å². The average molecular weight is 576 g/mol. The van der Waals surface area contributed by atoms with Gasteiger partial charge in [0, 0.05) is 35.9 Å². The number of benzene rings is 2. The molecule has 9 heteroatoms. The second-order valence-corrected chi connectivity index (χ2v) is 10.9. The summed E-state index contributed by atoms with van der Waals surface area (Å²) < 4.78 is 19.5. The molecule has 0 spiro atoms. The van der Waals surface area contributed by atoms with Crippen LogP contribution in [0.3, 0.4) is 0 Å². The van der Waals surface area contributed by atoms with E-state index in [2.05, 4.69) is 10.3 Å². The highest BCUT2D eigenvalue weighted by Crippen LogP contribution is 2.37. The Morgan fingerprint density at radius 1 is 1.15 bits per heavy atom. The molecule has 212 valence electrons. The molecule has 1 aromatic heterocycles. The first-order valence-corrected chi connectivity index (χ1v) is 14.1. The van der Waals surface area contributed by atoms with Crippen molar-refractivity contribution in [2.45, 2.75) is 45.1 Å². The molecule has 3 aromatic rings. The van der Waals surface area contributed by atoms with Crippen LogP contribution in [-0.2, 0) is 25.5 Å². The van der Waals surface area contributed by atoms with Crippen LogP contribution in [0.1, 0.15) is 55.3 Å². The summed E-state index contributed by atoms with van der Waals surface area (Å²) in [6.45, 7) is 2.30. The minimum atomic E-state index is -0.521. The quantitative estimate of drug-likeness (QED) is 0.365. The number of fused-ring (bicyclic) bond motifs is 4. The molecule has 2 atom stereocenters. The number of halogens is 2. The van der Waals surface area contributed by atoms with Crippen LogP contribution in [0.15, 0.2) is 60.8 Å². The molecule has 2 aliphatic rings. The van der Waals surface area contributed by atoms with Crippen molar-refractivity contribution in [3.8, 4) is 11.3 Å². The van der Waals surface area contributed by atoms with E-state index in [1.165, 1.54) is 19.3 Å². The van der Waals surface area contributed by atoms with E-state index in [9.17, 15) is 18.8 Å². The Hall–Kier alpha value is -4.04. The number of nitrogens with one attached hydrogen (secondary N) is 1. The van der Waals surface area contributed by atoms with Gasteiger partial charge in [0.05, 0.1) is 36.0 Å². The Bertz CT molecular complexity index is 1540. The predicted octanol–water partition coefficient (Wildman–Crippen LogP) is 6.37. The highest BCUT2D eigenvalue weighted by molar-refractivity contribution is 6.31. The van der Waals surface area contributed by atoms with Crippen molar-refractivity contribution in [3.63, 3.8) is 0 Å². The zero-order chi connectivity index (χ0) is 29.1. The molecule has 0 saturated heterocycles. The van der Waals surface area contributed by atoms with E-state index >= 15 is 0 Å². The van der Waals surface area contributed by atoms with Crippen LogP contribution in [0.5, 0.6) is 0 Å². The van der Waals surface area contributed by atoms with E-state index in [0.717, 1.165) is 12.0 Å².